The van der Waals surface area contributed by atoms with Crippen molar-refractivity contribution in [2.24, 2.45) is 11.7 Å². The van der Waals surface area contributed by atoms with E-state index >= 15 is 0 Å². The molecule has 0 aromatic heterocycles. The second-order valence-corrected chi connectivity index (χ2v) is 6.03. The molecule has 0 aliphatic rings. The molecular weight excluding hydrogens is 344 g/mol. The molecule has 0 heterocycles. The lowest BCUT2D eigenvalue weighted by molar-refractivity contribution is -0.131. The fourth-order valence-corrected chi connectivity index (χ4v) is 1.92. The quantitative estimate of drug-likeness (QED) is 0.315. The molecule has 0 bridgehead atoms. The van der Waals surface area contributed by atoms with Crippen molar-refractivity contribution in [2.45, 2.75) is 26.3 Å². The van der Waals surface area contributed by atoms with Crippen LogP contribution >= 0.6 is 0 Å². The first kappa shape index (κ1) is 24.7. The van der Waals surface area contributed by atoms with Gasteiger partial charge >= 0.3 is 0 Å². The van der Waals surface area contributed by atoms with Gasteiger partial charge in [0.1, 0.15) is 12.6 Å². The lowest BCUT2D eigenvalue weighted by Crippen LogP contribution is -2.46. The smallest absolute Gasteiger partial charge is 0.246 e. The zero-order valence-electron chi connectivity index (χ0n) is 16.2. The minimum absolute atomic E-state index is 0.138. The van der Waals surface area contributed by atoms with E-state index in [1.165, 1.54) is 0 Å². The number of carbonyl (C=O) groups is 2. The largest absolute Gasteiger partial charge is 0.382 e. The van der Waals surface area contributed by atoms with E-state index in [1.807, 2.05) is 13.8 Å². The predicted molar refractivity (Wildman–Crippen MR) is 95.7 cm³/mol. The van der Waals surface area contributed by atoms with Crippen molar-refractivity contribution in [3.63, 3.8) is 0 Å². The SMILES string of the molecule is COCCOCCOCCOCCOCC(=O)NC(CC(C)C)C(N)=O. The molecule has 2 amide bonds. The molecule has 0 saturated carbocycles. The lowest BCUT2D eigenvalue weighted by atomic mass is 10.0. The van der Waals surface area contributed by atoms with Crippen molar-refractivity contribution < 1.29 is 33.3 Å². The van der Waals surface area contributed by atoms with Crippen molar-refractivity contribution >= 4 is 11.8 Å². The topological polar surface area (TPSA) is 118 Å². The summed E-state index contributed by atoms with van der Waals surface area (Å²) in [5, 5.41) is 2.57. The highest BCUT2D eigenvalue weighted by atomic mass is 16.6. The van der Waals surface area contributed by atoms with Crippen LogP contribution in [0.25, 0.3) is 0 Å². The van der Waals surface area contributed by atoms with E-state index < -0.39 is 11.9 Å². The Labute approximate surface area is 155 Å². The van der Waals surface area contributed by atoms with Gasteiger partial charge in [-0.3, -0.25) is 9.59 Å². The maximum Gasteiger partial charge on any atom is 0.246 e. The van der Waals surface area contributed by atoms with Crippen LogP contribution in [0.2, 0.25) is 0 Å². The summed E-state index contributed by atoms with van der Waals surface area (Å²) in [7, 11) is 1.62. The molecule has 0 spiro atoms. The normalized spacial score (nSPS) is 12.3. The summed E-state index contributed by atoms with van der Waals surface area (Å²) in [5.41, 5.74) is 5.27. The number of hydrogen-bond acceptors (Lipinski definition) is 7. The zero-order valence-corrected chi connectivity index (χ0v) is 16.2. The van der Waals surface area contributed by atoms with Gasteiger partial charge in [-0.15, -0.1) is 0 Å². The molecular formula is C17H34N2O7. The molecule has 0 radical (unpaired) electrons. The molecule has 0 aromatic carbocycles. The first-order chi connectivity index (χ1) is 12.5. The Morgan fingerprint density at radius 1 is 0.846 bits per heavy atom. The van der Waals surface area contributed by atoms with Crippen molar-refractivity contribution in [1.82, 2.24) is 5.32 Å². The monoisotopic (exact) mass is 378 g/mol. The van der Waals surface area contributed by atoms with Crippen LogP contribution < -0.4 is 11.1 Å². The van der Waals surface area contributed by atoms with Crippen molar-refractivity contribution in [2.75, 3.05) is 66.6 Å². The molecule has 26 heavy (non-hydrogen) atoms. The Kier molecular flexibility index (Phi) is 16.3. The van der Waals surface area contributed by atoms with Gasteiger partial charge in [0.2, 0.25) is 11.8 Å². The first-order valence-corrected chi connectivity index (χ1v) is 8.86. The molecule has 1 unspecified atom stereocenters. The van der Waals surface area contributed by atoms with E-state index in [4.69, 9.17) is 29.4 Å². The van der Waals surface area contributed by atoms with Crippen molar-refractivity contribution in [3.8, 4) is 0 Å². The van der Waals surface area contributed by atoms with Gasteiger partial charge in [0.25, 0.3) is 0 Å². The summed E-state index contributed by atoms with van der Waals surface area (Å²) < 4.78 is 25.9. The number of carbonyl (C=O) groups excluding carboxylic acids is 2. The predicted octanol–water partition coefficient (Wildman–Crippen LogP) is -0.285. The lowest BCUT2D eigenvalue weighted by Gasteiger charge is -2.17. The third-order valence-electron chi connectivity index (χ3n) is 3.17. The van der Waals surface area contributed by atoms with Gasteiger partial charge in [-0.1, -0.05) is 13.8 Å². The van der Waals surface area contributed by atoms with E-state index in [1.54, 1.807) is 7.11 Å². The Bertz CT molecular complexity index is 367. The average Bonchev–Trinajstić information content (AvgIpc) is 2.58. The highest BCUT2D eigenvalue weighted by molar-refractivity contribution is 5.86. The summed E-state index contributed by atoms with van der Waals surface area (Å²) in [6.07, 6.45) is 0.502. The number of nitrogens with two attached hydrogens (primary N) is 1. The van der Waals surface area contributed by atoms with Gasteiger partial charge in [-0.05, 0) is 12.3 Å². The maximum absolute atomic E-state index is 11.7. The average molecular weight is 378 g/mol. The standard InChI is InChI=1S/C17H34N2O7/c1-14(2)12-15(17(18)21)19-16(20)13-26-11-10-25-9-8-24-7-6-23-5-4-22-3/h14-15H,4-13H2,1-3H3,(H2,18,21)(H,19,20). The summed E-state index contributed by atoms with van der Waals surface area (Å²) in [6, 6.07) is -0.669. The van der Waals surface area contributed by atoms with Gasteiger partial charge in [-0.2, -0.15) is 0 Å². The maximum atomic E-state index is 11.7. The highest BCUT2D eigenvalue weighted by Crippen LogP contribution is 2.04. The minimum Gasteiger partial charge on any atom is -0.382 e. The molecule has 3 N–H and O–H groups in total. The van der Waals surface area contributed by atoms with Crippen LogP contribution in [0, 0.1) is 5.92 Å². The van der Waals surface area contributed by atoms with Crippen LogP contribution in [-0.2, 0) is 33.3 Å². The number of amides is 2. The number of nitrogens with one attached hydrogen (secondary N) is 1. The molecule has 0 aliphatic carbocycles. The number of rotatable bonds is 18. The molecule has 0 rings (SSSR count). The van der Waals surface area contributed by atoms with E-state index in [-0.39, 0.29) is 25.0 Å². The number of ether oxygens (including phenoxy) is 5. The fraction of sp³-hybridized carbons (Fsp3) is 0.882. The molecule has 9 nitrogen and oxygen atoms in total. The Morgan fingerprint density at radius 2 is 1.31 bits per heavy atom. The van der Waals surface area contributed by atoms with Crippen LogP contribution in [0.5, 0.6) is 0 Å². The molecule has 0 saturated heterocycles. The van der Waals surface area contributed by atoms with Gasteiger partial charge in [0.15, 0.2) is 0 Å². The van der Waals surface area contributed by atoms with Crippen LogP contribution in [-0.4, -0.2) is 84.4 Å². The highest BCUT2D eigenvalue weighted by Gasteiger charge is 2.19. The van der Waals surface area contributed by atoms with Crippen LogP contribution in [0.4, 0.5) is 0 Å². The number of methoxy groups -OCH3 is 1. The second kappa shape index (κ2) is 17.2. The first-order valence-electron chi connectivity index (χ1n) is 8.86. The van der Waals surface area contributed by atoms with Gasteiger partial charge in [-0.25, -0.2) is 0 Å². The second-order valence-electron chi connectivity index (χ2n) is 6.03. The summed E-state index contributed by atoms with van der Waals surface area (Å²) in [6.45, 7) is 7.44. The molecule has 154 valence electrons. The van der Waals surface area contributed by atoms with E-state index in [9.17, 15) is 9.59 Å². The van der Waals surface area contributed by atoms with Gasteiger partial charge in [0.05, 0.1) is 52.9 Å². The molecule has 0 fully saturated rings. The summed E-state index contributed by atoms with van der Waals surface area (Å²) in [4.78, 5) is 23.0. The molecule has 0 aliphatic heterocycles. The summed E-state index contributed by atoms with van der Waals surface area (Å²) >= 11 is 0. The minimum atomic E-state index is -0.669. The van der Waals surface area contributed by atoms with Gasteiger partial charge in [0, 0.05) is 7.11 Å². The van der Waals surface area contributed by atoms with Gasteiger partial charge < -0.3 is 34.7 Å². The third-order valence-corrected chi connectivity index (χ3v) is 3.17. The third kappa shape index (κ3) is 16.2. The van der Waals surface area contributed by atoms with Crippen LogP contribution in [0.15, 0.2) is 0 Å². The molecule has 0 aromatic rings. The summed E-state index contributed by atoms with van der Waals surface area (Å²) in [5.74, 6) is -0.660. The van der Waals surface area contributed by atoms with Crippen molar-refractivity contribution in [1.29, 1.82) is 0 Å². The number of primary amides is 1. The van der Waals surface area contributed by atoms with E-state index in [0.717, 1.165) is 0 Å². The zero-order chi connectivity index (χ0) is 19.6. The van der Waals surface area contributed by atoms with Crippen LogP contribution in [0.1, 0.15) is 20.3 Å². The van der Waals surface area contributed by atoms with E-state index in [0.29, 0.717) is 52.7 Å². The van der Waals surface area contributed by atoms with E-state index in [2.05, 4.69) is 5.32 Å². The van der Waals surface area contributed by atoms with Crippen molar-refractivity contribution in [3.05, 3.63) is 0 Å². The molecule has 9 heteroatoms. The fourth-order valence-electron chi connectivity index (χ4n) is 1.92. The molecule has 1 atom stereocenters. The Hall–Kier alpha value is -1.26. The Balaban J connectivity index is 3.46. The Morgan fingerprint density at radius 3 is 1.73 bits per heavy atom. The van der Waals surface area contributed by atoms with Crippen LogP contribution in [0.3, 0.4) is 0 Å². The number of hydrogen-bond donors (Lipinski definition) is 2.